The molecule has 0 radical (unpaired) electrons. The van der Waals surface area contributed by atoms with E-state index in [0.29, 0.717) is 6.61 Å². The Labute approximate surface area is 121 Å². The van der Waals surface area contributed by atoms with Crippen molar-refractivity contribution in [2.75, 3.05) is 13.7 Å². The van der Waals surface area contributed by atoms with Gasteiger partial charge in [-0.3, -0.25) is 0 Å². The van der Waals surface area contributed by atoms with Crippen LogP contribution in [-0.4, -0.2) is 31.9 Å². The number of carbonyl (C=O) groups is 2. The van der Waals surface area contributed by atoms with E-state index in [1.54, 1.807) is 0 Å². The number of carbonyl (C=O) groups excluding carboxylic acids is 2. The lowest BCUT2D eigenvalue weighted by atomic mass is 10.3. The molecule has 0 saturated heterocycles. The number of hydrogen-bond donors (Lipinski definition) is 0. The molecule has 0 aliphatic heterocycles. The number of hydrogen-bond acceptors (Lipinski definition) is 5. The summed E-state index contributed by atoms with van der Waals surface area (Å²) < 4.78 is 14.4. The third-order valence-corrected chi connectivity index (χ3v) is 2.11. The fourth-order valence-electron chi connectivity index (χ4n) is 1.01. The zero-order valence-corrected chi connectivity index (χ0v) is 12.7. The van der Waals surface area contributed by atoms with Gasteiger partial charge in [-0.15, -0.1) is 0 Å². The van der Waals surface area contributed by atoms with Gasteiger partial charge in [0.15, 0.2) is 0 Å². The van der Waals surface area contributed by atoms with Crippen LogP contribution < -0.4 is 0 Å². The summed E-state index contributed by atoms with van der Waals surface area (Å²) in [5.41, 5.74) is 0. The molecule has 5 heteroatoms. The average Bonchev–Trinajstić information content (AvgIpc) is 2.47. The van der Waals surface area contributed by atoms with Gasteiger partial charge in [0.05, 0.1) is 6.61 Å². The Bertz CT molecular complexity index is 286. The summed E-state index contributed by atoms with van der Waals surface area (Å²) in [6.07, 6.45) is 5.49. The molecule has 1 unspecified atom stereocenters. The fraction of sp³-hybridized carbons (Fsp3) is 0.600. The summed E-state index contributed by atoms with van der Waals surface area (Å²) >= 11 is 0. The van der Waals surface area contributed by atoms with Crippen LogP contribution in [0, 0.1) is 0 Å². The molecule has 0 heterocycles. The molecule has 0 spiro atoms. The maximum Gasteiger partial charge on any atom is 0.332 e. The number of rotatable bonds is 9. The van der Waals surface area contributed by atoms with Gasteiger partial charge in [-0.25, -0.2) is 9.59 Å². The van der Waals surface area contributed by atoms with E-state index in [1.165, 1.54) is 13.2 Å². The molecule has 0 aliphatic carbocycles. The molecule has 1 atom stereocenters. The minimum absolute atomic E-state index is 0.330. The van der Waals surface area contributed by atoms with Crippen LogP contribution >= 0.6 is 0 Å². The largest absolute Gasteiger partial charge is 0.463 e. The van der Waals surface area contributed by atoms with Crippen molar-refractivity contribution in [3.8, 4) is 0 Å². The Morgan fingerprint density at radius 2 is 1.70 bits per heavy atom. The highest BCUT2D eigenvalue weighted by molar-refractivity contribution is 5.81. The molecule has 0 N–H and O–H groups in total. The van der Waals surface area contributed by atoms with E-state index in [4.69, 9.17) is 9.47 Å². The van der Waals surface area contributed by atoms with Crippen molar-refractivity contribution < 1.29 is 23.8 Å². The second-order valence-electron chi connectivity index (χ2n) is 3.82. The first kappa shape index (κ1) is 20.7. The molecular weight excluding hydrogens is 260 g/mol. The van der Waals surface area contributed by atoms with E-state index in [1.807, 2.05) is 13.8 Å². The molecule has 20 heavy (non-hydrogen) atoms. The maximum absolute atomic E-state index is 10.6. The highest BCUT2D eigenvalue weighted by Gasteiger charge is 2.08. The van der Waals surface area contributed by atoms with Crippen LogP contribution in [0.4, 0.5) is 0 Å². The molecule has 0 aliphatic rings. The summed E-state index contributed by atoms with van der Waals surface area (Å²) in [5, 5.41) is 0. The first-order valence-electron chi connectivity index (χ1n) is 6.70. The third-order valence-electron chi connectivity index (χ3n) is 2.11. The molecular formula is C15H26O5. The zero-order valence-electron chi connectivity index (χ0n) is 12.7. The maximum atomic E-state index is 10.6. The van der Waals surface area contributed by atoms with Crippen LogP contribution in [0.25, 0.3) is 0 Å². The quantitative estimate of drug-likeness (QED) is 0.282. The molecule has 0 aromatic rings. The van der Waals surface area contributed by atoms with Gasteiger partial charge in [-0.1, -0.05) is 39.8 Å². The molecule has 0 aromatic carbocycles. The molecule has 0 amide bonds. The van der Waals surface area contributed by atoms with Gasteiger partial charge in [0.25, 0.3) is 0 Å². The highest BCUT2D eigenvalue weighted by atomic mass is 16.7. The molecule has 0 fully saturated rings. The Hall–Kier alpha value is -1.62. The van der Waals surface area contributed by atoms with Gasteiger partial charge in [0.1, 0.15) is 0 Å². The van der Waals surface area contributed by atoms with Gasteiger partial charge >= 0.3 is 11.9 Å². The minimum atomic E-state index is -0.440. The monoisotopic (exact) mass is 286 g/mol. The SMILES string of the molecule is C=CC(=O)OC(CCC)OC.C=CC(=O)OCCCC. The zero-order chi connectivity index (χ0) is 15.8. The van der Waals surface area contributed by atoms with Crippen molar-refractivity contribution in [1.82, 2.24) is 0 Å². The average molecular weight is 286 g/mol. The van der Waals surface area contributed by atoms with Crippen molar-refractivity contribution in [2.24, 2.45) is 0 Å². The highest BCUT2D eigenvalue weighted by Crippen LogP contribution is 2.02. The lowest BCUT2D eigenvalue weighted by Crippen LogP contribution is -2.18. The molecule has 0 aromatic heterocycles. The molecule has 5 nitrogen and oxygen atoms in total. The van der Waals surface area contributed by atoms with Crippen molar-refractivity contribution in [3.63, 3.8) is 0 Å². The Morgan fingerprint density at radius 1 is 1.10 bits per heavy atom. The first-order chi connectivity index (χ1) is 9.55. The second kappa shape index (κ2) is 15.4. The van der Waals surface area contributed by atoms with E-state index in [2.05, 4.69) is 17.9 Å². The summed E-state index contributed by atoms with van der Waals surface area (Å²) in [7, 11) is 1.51. The van der Waals surface area contributed by atoms with Gasteiger partial charge in [0.2, 0.25) is 6.29 Å². The molecule has 116 valence electrons. The Balaban J connectivity index is 0. The normalized spacial score (nSPS) is 10.6. The summed E-state index contributed by atoms with van der Waals surface area (Å²) in [6, 6.07) is 0. The van der Waals surface area contributed by atoms with Crippen molar-refractivity contribution >= 4 is 11.9 Å². The van der Waals surface area contributed by atoms with Crippen LogP contribution in [0.5, 0.6) is 0 Å². The summed E-state index contributed by atoms with van der Waals surface area (Å²) in [5.74, 6) is -0.770. The lowest BCUT2D eigenvalue weighted by molar-refractivity contribution is -0.168. The molecule has 0 rings (SSSR count). The van der Waals surface area contributed by atoms with Crippen LogP contribution in [0.2, 0.25) is 0 Å². The van der Waals surface area contributed by atoms with E-state index in [0.717, 1.165) is 31.8 Å². The lowest BCUT2D eigenvalue weighted by Gasteiger charge is -2.13. The topological polar surface area (TPSA) is 61.8 Å². The standard InChI is InChI=1S/C8H14O3.C7H12O2/c1-4-6-8(10-3)11-7(9)5-2;1-3-5-6-9-7(8)4-2/h5,8H,2,4,6H2,1,3H3;4H,2-3,5-6H2,1H3. The molecule has 0 saturated carbocycles. The predicted octanol–water partition coefficient (Wildman–Crippen LogP) is 3.00. The minimum Gasteiger partial charge on any atom is -0.463 e. The number of esters is 2. The van der Waals surface area contributed by atoms with Crippen LogP contribution in [0.3, 0.4) is 0 Å². The predicted molar refractivity (Wildman–Crippen MR) is 78.1 cm³/mol. The van der Waals surface area contributed by atoms with E-state index in [9.17, 15) is 9.59 Å². The van der Waals surface area contributed by atoms with Crippen molar-refractivity contribution in [3.05, 3.63) is 25.3 Å². The summed E-state index contributed by atoms with van der Waals surface area (Å²) in [6.45, 7) is 11.1. The van der Waals surface area contributed by atoms with Gasteiger partial charge < -0.3 is 14.2 Å². The summed E-state index contributed by atoms with van der Waals surface area (Å²) in [4.78, 5) is 21.0. The van der Waals surface area contributed by atoms with Crippen molar-refractivity contribution in [2.45, 2.75) is 45.8 Å². The van der Waals surface area contributed by atoms with Crippen LogP contribution in [0.1, 0.15) is 39.5 Å². The number of unbranched alkanes of at least 4 members (excludes halogenated alkanes) is 1. The van der Waals surface area contributed by atoms with Gasteiger partial charge in [-0.2, -0.15) is 0 Å². The van der Waals surface area contributed by atoms with Crippen LogP contribution in [-0.2, 0) is 23.8 Å². The van der Waals surface area contributed by atoms with E-state index in [-0.39, 0.29) is 5.97 Å². The van der Waals surface area contributed by atoms with E-state index >= 15 is 0 Å². The molecule has 0 bridgehead atoms. The van der Waals surface area contributed by atoms with Crippen molar-refractivity contribution in [1.29, 1.82) is 0 Å². The van der Waals surface area contributed by atoms with Gasteiger partial charge in [-0.05, 0) is 6.42 Å². The fourth-order valence-corrected chi connectivity index (χ4v) is 1.01. The number of ether oxygens (including phenoxy) is 3. The Kier molecular flexibility index (Phi) is 16.0. The second-order valence-corrected chi connectivity index (χ2v) is 3.82. The smallest absolute Gasteiger partial charge is 0.332 e. The van der Waals surface area contributed by atoms with E-state index < -0.39 is 12.3 Å². The van der Waals surface area contributed by atoms with Gasteiger partial charge in [0, 0.05) is 25.7 Å². The first-order valence-corrected chi connectivity index (χ1v) is 6.70. The Morgan fingerprint density at radius 3 is 2.10 bits per heavy atom. The number of methoxy groups -OCH3 is 1. The van der Waals surface area contributed by atoms with Crippen LogP contribution in [0.15, 0.2) is 25.3 Å². The third kappa shape index (κ3) is 14.4.